The molecule has 0 heterocycles. The van der Waals surface area contributed by atoms with Gasteiger partial charge >= 0.3 is 0 Å². The van der Waals surface area contributed by atoms with Crippen molar-refractivity contribution in [3.05, 3.63) is 79.9 Å². The molecule has 0 spiro atoms. The van der Waals surface area contributed by atoms with Gasteiger partial charge in [0.1, 0.15) is 11.4 Å². The van der Waals surface area contributed by atoms with Crippen molar-refractivity contribution in [2.24, 2.45) is 0 Å². The maximum absolute atomic E-state index is 6.34. The van der Waals surface area contributed by atoms with Crippen molar-refractivity contribution in [3.8, 4) is 5.75 Å². The zero-order valence-electron chi connectivity index (χ0n) is 15.8. The van der Waals surface area contributed by atoms with E-state index in [2.05, 4.69) is 125 Å². The fraction of sp³-hybridized carbons (Fsp3) is 0.250. The van der Waals surface area contributed by atoms with Crippen LogP contribution in [0, 0.1) is 7.14 Å². The highest BCUT2D eigenvalue weighted by molar-refractivity contribution is 14.1. The van der Waals surface area contributed by atoms with Crippen molar-refractivity contribution in [1.29, 1.82) is 0 Å². The summed E-state index contributed by atoms with van der Waals surface area (Å²) in [5.41, 5.74) is 0.00879. The maximum Gasteiger partial charge on any atom is 0.167 e. The Labute approximate surface area is 197 Å². The summed E-state index contributed by atoms with van der Waals surface area (Å²) in [4.78, 5) is 4.02. The second kappa shape index (κ2) is 8.96. The maximum atomic E-state index is 6.34. The standard InChI is InChI=1S/C24H23I2OS/c1-24(15-5-6-16-24)27-18-9-11-20(12-10-18)28(19-7-3-2-4-8-19)21-13-14-22(25)23(26)17-21/h2-4,7-14,17H,5-6,15-16H2,1H3/q+1. The van der Waals surface area contributed by atoms with Crippen LogP contribution in [0.15, 0.2) is 87.5 Å². The molecule has 1 saturated carbocycles. The first kappa shape index (κ1) is 20.5. The van der Waals surface area contributed by atoms with E-state index in [0.29, 0.717) is 0 Å². The number of rotatable bonds is 5. The van der Waals surface area contributed by atoms with Gasteiger partial charge in [-0.3, -0.25) is 0 Å². The van der Waals surface area contributed by atoms with E-state index in [1.807, 2.05) is 0 Å². The van der Waals surface area contributed by atoms with Crippen LogP contribution in [-0.4, -0.2) is 5.60 Å². The van der Waals surface area contributed by atoms with Crippen molar-refractivity contribution < 1.29 is 4.74 Å². The largest absolute Gasteiger partial charge is 0.488 e. The minimum Gasteiger partial charge on any atom is -0.488 e. The number of benzene rings is 3. The van der Waals surface area contributed by atoms with E-state index in [9.17, 15) is 0 Å². The lowest BCUT2D eigenvalue weighted by Gasteiger charge is -2.25. The molecule has 4 rings (SSSR count). The molecule has 28 heavy (non-hydrogen) atoms. The van der Waals surface area contributed by atoms with Crippen LogP contribution >= 0.6 is 45.2 Å². The number of ether oxygens (including phenoxy) is 1. The molecule has 0 radical (unpaired) electrons. The highest BCUT2D eigenvalue weighted by atomic mass is 127. The van der Waals surface area contributed by atoms with Gasteiger partial charge in [-0.05, 0) is 126 Å². The van der Waals surface area contributed by atoms with Crippen molar-refractivity contribution in [2.45, 2.75) is 52.9 Å². The monoisotopic (exact) mass is 613 g/mol. The number of halogens is 2. The van der Waals surface area contributed by atoms with Gasteiger partial charge in [0.15, 0.2) is 14.7 Å². The van der Waals surface area contributed by atoms with Gasteiger partial charge in [0, 0.05) is 13.2 Å². The first-order valence-electron chi connectivity index (χ1n) is 9.58. The van der Waals surface area contributed by atoms with Crippen molar-refractivity contribution in [2.75, 3.05) is 0 Å². The molecule has 1 unspecified atom stereocenters. The second-order valence-electron chi connectivity index (χ2n) is 7.43. The Morgan fingerprint density at radius 2 is 1.36 bits per heavy atom. The molecule has 0 bridgehead atoms. The third-order valence-corrected chi connectivity index (χ3v) is 10.3. The van der Waals surface area contributed by atoms with Crippen LogP contribution in [0.25, 0.3) is 0 Å². The second-order valence-corrected chi connectivity index (χ2v) is 11.8. The molecule has 0 amide bonds. The summed E-state index contributed by atoms with van der Waals surface area (Å²) < 4.78 is 8.95. The molecule has 1 atom stereocenters. The summed E-state index contributed by atoms with van der Waals surface area (Å²) in [6.07, 6.45) is 4.86. The van der Waals surface area contributed by atoms with Crippen molar-refractivity contribution in [1.82, 2.24) is 0 Å². The van der Waals surface area contributed by atoms with Gasteiger partial charge in [-0.1, -0.05) is 18.2 Å². The zero-order chi connectivity index (χ0) is 19.6. The van der Waals surface area contributed by atoms with Gasteiger partial charge in [-0.15, -0.1) is 0 Å². The van der Waals surface area contributed by atoms with Crippen LogP contribution in [0.4, 0.5) is 0 Å². The summed E-state index contributed by atoms with van der Waals surface area (Å²) in [6.45, 7) is 2.25. The first-order valence-corrected chi connectivity index (χ1v) is 13.0. The predicted molar refractivity (Wildman–Crippen MR) is 134 cm³/mol. The number of hydrogen-bond donors (Lipinski definition) is 0. The van der Waals surface area contributed by atoms with Crippen LogP contribution in [0.1, 0.15) is 32.6 Å². The van der Waals surface area contributed by atoms with E-state index in [-0.39, 0.29) is 16.5 Å². The molecule has 0 saturated heterocycles. The summed E-state index contributed by atoms with van der Waals surface area (Å²) >= 11 is 4.84. The minimum absolute atomic E-state index is 0.00879. The molecule has 1 fully saturated rings. The van der Waals surface area contributed by atoms with E-state index in [1.165, 1.54) is 34.7 Å². The Balaban J connectivity index is 1.67. The van der Waals surface area contributed by atoms with E-state index >= 15 is 0 Å². The zero-order valence-corrected chi connectivity index (χ0v) is 21.0. The lowest BCUT2D eigenvalue weighted by Crippen LogP contribution is -2.27. The molecule has 144 valence electrons. The van der Waals surface area contributed by atoms with Gasteiger partial charge in [0.25, 0.3) is 0 Å². The van der Waals surface area contributed by atoms with E-state index < -0.39 is 0 Å². The quantitative estimate of drug-likeness (QED) is 0.212. The van der Waals surface area contributed by atoms with Crippen molar-refractivity contribution in [3.63, 3.8) is 0 Å². The van der Waals surface area contributed by atoms with Crippen LogP contribution in [0.3, 0.4) is 0 Å². The van der Waals surface area contributed by atoms with Gasteiger partial charge in [0.05, 0.1) is 10.9 Å². The minimum atomic E-state index is -0.120. The molecule has 3 aromatic carbocycles. The fourth-order valence-electron chi connectivity index (χ4n) is 3.72. The Kier molecular flexibility index (Phi) is 6.57. The molecule has 0 aromatic heterocycles. The van der Waals surface area contributed by atoms with Crippen LogP contribution in [-0.2, 0) is 10.9 Å². The Hall–Kier alpha value is -0.730. The molecule has 1 aliphatic rings. The average Bonchev–Trinajstić information content (AvgIpc) is 3.13. The van der Waals surface area contributed by atoms with Gasteiger partial charge in [-0.25, -0.2) is 0 Å². The van der Waals surface area contributed by atoms with Crippen molar-refractivity contribution >= 4 is 56.1 Å². The smallest absolute Gasteiger partial charge is 0.167 e. The lowest BCUT2D eigenvalue weighted by atomic mass is 10.1. The van der Waals surface area contributed by atoms with E-state index in [1.54, 1.807) is 0 Å². The molecule has 0 N–H and O–H groups in total. The molecule has 1 aliphatic carbocycles. The third-order valence-electron chi connectivity index (χ3n) is 5.19. The summed E-state index contributed by atoms with van der Waals surface area (Å²) in [5, 5.41) is 0. The van der Waals surface area contributed by atoms with E-state index in [0.717, 1.165) is 18.6 Å². The summed E-state index contributed by atoms with van der Waals surface area (Å²) in [6, 6.07) is 26.4. The lowest BCUT2D eigenvalue weighted by molar-refractivity contribution is 0.0967. The average molecular weight is 613 g/mol. The highest BCUT2D eigenvalue weighted by Gasteiger charge is 2.32. The molecule has 1 nitrogen and oxygen atoms in total. The third kappa shape index (κ3) is 4.70. The summed E-state index contributed by atoms with van der Waals surface area (Å²) in [5.74, 6) is 0.988. The molecule has 0 aliphatic heterocycles. The fourth-order valence-corrected chi connectivity index (χ4v) is 6.88. The van der Waals surface area contributed by atoms with Gasteiger partial charge < -0.3 is 4.74 Å². The SMILES string of the molecule is CC1(Oc2ccc([S+](c3ccccc3)c3ccc(I)c(I)c3)cc2)CCCC1. The first-order chi connectivity index (χ1) is 13.5. The van der Waals surface area contributed by atoms with E-state index in [4.69, 9.17) is 4.74 Å². The van der Waals surface area contributed by atoms with Gasteiger partial charge in [0.2, 0.25) is 0 Å². The normalized spacial score (nSPS) is 16.7. The molecular weight excluding hydrogens is 590 g/mol. The molecular formula is C24H23I2OS+. The Morgan fingerprint density at radius 3 is 2.00 bits per heavy atom. The van der Waals surface area contributed by atoms with Crippen LogP contribution < -0.4 is 4.74 Å². The molecule has 3 aromatic rings. The molecule has 4 heteroatoms. The van der Waals surface area contributed by atoms with Gasteiger partial charge in [-0.2, -0.15) is 0 Å². The topological polar surface area (TPSA) is 9.23 Å². The Bertz CT molecular complexity index is 935. The Morgan fingerprint density at radius 1 is 0.750 bits per heavy atom. The van der Waals surface area contributed by atoms with Crippen LogP contribution in [0.5, 0.6) is 5.75 Å². The summed E-state index contributed by atoms with van der Waals surface area (Å²) in [7, 11) is -0.120. The highest BCUT2D eigenvalue weighted by Crippen LogP contribution is 2.36. The predicted octanol–water partition coefficient (Wildman–Crippen LogP) is 7.70. The number of hydrogen-bond acceptors (Lipinski definition) is 1. The van der Waals surface area contributed by atoms with Crippen LogP contribution in [0.2, 0.25) is 0 Å².